The maximum absolute atomic E-state index is 8.35. The van der Waals surface area contributed by atoms with Gasteiger partial charge in [-0.2, -0.15) is 0 Å². The van der Waals surface area contributed by atoms with Crippen molar-refractivity contribution < 1.29 is 9.59 Å². The van der Waals surface area contributed by atoms with Gasteiger partial charge in [0.2, 0.25) is 12.2 Å². The molecule has 0 heterocycles. The molecule has 0 aromatic heterocycles. The number of nitrogens with one attached hydrogen (secondary N) is 2. The standard InChI is InChI=1S/C15H32.2CHNO/c1-10(2)14(11(3)4)9-15(12(5)6)13(7)8;2*2-1-3/h10-15H,9H2,1-8H3;2*2H. The number of isocyanates is 2. The third-order valence-corrected chi connectivity index (χ3v) is 3.97. The van der Waals surface area contributed by atoms with Crippen LogP contribution >= 0.6 is 0 Å². The fraction of sp³-hybridized carbons (Fsp3) is 0.882. The maximum atomic E-state index is 8.35. The molecule has 0 atom stereocenters. The van der Waals surface area contributed by atoms with Crippen molar-refractivity contribution in [3.63, 3.8) is 0 Å². The van der Waals surface area contributed by atoms with Crippen LogP contribution in [0.3, 0.4) is 0 Å². The van der Waals surface area contributed by atoms with Crippen molar-refractivity contribution in [1.82, 2.24) is 0 Å². The van der Waals surface area contributed by atoms with Gasteiger partial charge in [-0.3, -0.25) is 0 Å². The summed E-state index contributed by atoms with van der Waals surface area (Å²) < 4.78 is 0. The number of rotatable bonds is 6. The van der Waals surface area contributed by atoms with Crippen LogP contribution in [-0.2, 0) is 9.59 Å². The van der Waals surface area contributed by atoms with Crippen molar-refractivity contribution in [3.8, 4) is 0 Å². The third kappa shape index (κ3) is 15.0. The van der Waals surface area contributed by atoms with Gasteiger partial charge in [-0.25, -0.2) is 20.4 Å². The molecule has 4 nitrogen and oxygen atoms in total. The van der Waals surface area contributed by atoms with Crippen LogP contribution in [-0.4, -0.2) is 12.2 Å². The highest BCUT2D eigenvalue weighted by molar-refractivity contribution is 5.26. The molecule has 0 unspecified atom stereocenters. The molecule has 0 radical (unpaired) electrons. The van der Waals surface area contributed by atoms with Crippen molar-refractivity contribution in [2.45, 2.75) is 61.8 Å². The summed E-state index contributed by atoms with van der Waals surface area (Å²) in [4.78, 5) is 16.7. The molecule has 0 bridgehead atoms. The van der Waals surface area contributed by atoms with E-state index >= 15 is 0 Å². The summed E-state index contributed by atoms with van der Waals surface area (Å²) in [5.74, 6) is 5.07. The molecule has 21 heavy (non-hydrogen) atoms. The molecule has 0 rings (SSSR count). The Bertz CT molecular complexity index is 252. The minimum absolute atomic E-state index is 0.750. The Morgan fingerprint density at radius 2 is 0.762 bits per heavy atom. The second kappa shape index (κ2) is 15.2. The molecule has 2 N–H and O–H groups in total. The lowest BCUT2D eigenvalue weighted by Crippen LogP contribution is -2.25. The van der Waals surface area contributed by atoms with Crippen molar-refractivity contribution >= 4 is 12.2 Å². The van der Waals surface area contributed by atoms with E-state index in [2.05, 4.69) is 55.4 Å². The Morgan fingerprint density at radius 3 is 0.857 bits per heavy atom. The van der Waals surface area contributed by atoms with E-state index in [-0.39, 0.29) is 0 Å². The molecule has 0 saturated heterocycles. The first kappa shape index (κ1) is 24.8. The molecule has 0 aromatic carbocycles. The van der Waals surface area contributed by atoms with Crippen LogP contribution in [0, 0.1) is 46.3 Å². The van der Waals surface area contributed by atoms with E-state index < -0.39 is 0 Å². The second-order valence-electron chi connectivity index (χ2n) is 6.74. The van der Waals surface area contributed by atoms with E-state index in [1.807, 2.05) is 0 Å². The Kier molecular flexibility index (Phi) is 17.9. The smallest absolute Gasteiger partial charge is 0.222 e. The summed E-state index contributed by atoms with van der Waals surface area (Å²) in [7, 11) is 0. The predicted octanol–water partition coefficient (Wildman–Crippen LogP) is 5.03. The van der Waals surface area contributed by atoms with Crippen LogP contribution in [0.4, 0.5) is 0 Å². The maximum Gasteiger partial charge on any atom is 0.231 e. The van der Waals surface area contributed by atoms with Crippen LogP contribution < -0.4 is 0 Å². The van der Waals surface area contributed by atoms with E-state index in [1.54, 1.807) is 0 Å². The molecule has 0 spiro atoms. The van der Waals surface area contributed by atoms with Crippen LogP contribution in [0.2, 0.25) is 0 Å². The van der Waals surface area contributed by atoms with Crippen LogP contribution in [0.5, 0.6) is 0 Å². The van der Waals surface area contributed by atoms with Crippen LogP contribution in [0.25, 0.3) is 0 Å². The zero-order valence-corrected chi connectivity index (χ0v) is 15.0. The largest absolute Gasteiger partial charge is 0.231 e. The fourth-order valence-electron chi connectivity index (χ4n) is 2.94. The van der Waals surface area contributed by atoms with Gasteiger partial charge in [0.05, 0.1) is 0 Å². The quantitative estimate of drug-likeness (QED) is 0.532. The minimum atomic E-state index is 0.750. The zero-order chi connectivity index (χ0) is 17.6. The first-order valence-corrected chi connectivity index (χ1v) is 7.68. The Morgan fingerprint density at radius 1 is 0.619 bits per heavy atom. The highest BCUT2D eigenvalue weighted by Gasteiger charge is 2.25. The second-order valence-corrected chi connectivity index (χ2v) is 6.74. The van der Waals surface area contributed by atoms with Crippen molar-refractivity contribution in [2.75, 3.05) is 0 Å². The molecular formula is C17H34N2O2. The van der Waals surface area contributed by atoms with Crippen molar-refractivity contribution in [3.05, 3.63) is 0 Å². The molecule has 4 heteroatoms. The molecule has 0 aromatic rings. The Labute approximate surface area is 130 Å². The first-order chi connectivity index (χ1) is 9.60. The SMILES string of the molecule is CC(C)C(CC(C(C)C)C(C)C)C(C)C.N=C=O.N=C=O. The normalized spacial score (nSPS) is 10.2. The van der Waals surface area contributed by atoms with Gasteiger partial charge in [0.15, 0.2) is 0 Å². The molecule has 0 amide bonds. The van der Waals surface area contributed by atoms with E-state index in [4.69, 9.17) is 20.4 Å². The number of hydrogen-bond acceptors (Lipinski definition) is 4. The van der Waals surface area contributed by atoms with Gasteiger partial charge in [0.1, 0.15) is 0 Å². The molecule has 0 fully saturated rings. The third-order valence-electron chi connectivity index (χ3n) is 3.97. The fourth-order valence-corrected chi connectivity index (χ4v) is 2.94. The predicted molar refractivity (Wildman–Crippen MR) is 87.8 cm³/mol. The molecular weight excluding hydrogens is 264 g/mol. The summed E-state index contributed by atoms with van der Waals surface area (Å²) in [5, 5.41) is 10.8. The van der Waals surface area contributed by atoms with Gasteiger partial charge in [0, 0.05) is 0 Å². The summed E-state index contributed by atoms with van der Waals surface area (Å²) in [6.45, 7) is 19.0. The summed E-state index contributed by atoms with van der Waals surface area (Å²) in [6, 6.07) is 0. The molecule has 0 saturated carbocycles. The monoisotopic (exact) mass is 298 g/mol. The Balaban J connectivity index is -0.000000460. The summed E-state index contributed by atoms with van der Waals surface area (Å²) in [5.41, 5.74) is 0. The van der Waals surface area contributed by atoms with E-state index in [9.17, 15) is 0 Å². The van der Waals surface area contributed by atoms with Crippen LogP contribution in [0.15, 0.2) is 0 Å². The highest BCUT2D eigenvalue weighted by Crippen LogP contribution is 2.34. The average Bonchev–Trinajstić information content (AvgIpc) is 2.29. The van der Waals surface area contributed by atoms with Crippen molar-refractivity contribution in [2.24, 2.45) is 35.5 Å². The van der Waals surface area contributed by atoms with Gasteiger partial charge in [-0.1, -0.05) is 55.4 Å². The van der Waals surface area contributed by atoms with E-state index in [0.717, 1.165) is 47.7 Å². The lowest BCUT2D eigenvalue weighted by atomic mass is 9.72. The molecule has 124 valence electrons. The Hall–Kier alpha value is -1.24. The van der Waals surface area contributed by atoms with E-state index in [1.165, 1.54) is 6.42 Å². The minimum Gasteiger partial charge on any atom is -0.222 e. The average molecular weight is 298 g/mol. The van der Waals surface area contributed by atoms with Crippen LogP contribution in [0.1, 0.15) is 61.8 Å². The molecule has 0 aliphatic rings. The van der Waals surface area contributed by atoms with Gasteiger partial charge < -0.3 is 0 Å². The van der Waals surface area contributed by atoms with Gasteiger partial charge in [-0.15, -0.1) is 0 Å². The van der Waals surface area contributed by atoms with E-state index in [0.29, 0.717) is 0 Å². The lowest BCUT2D eigenvalue weighted by Gasteiger charge is -2.33. The molecule has 0 aliphatic heterocycles. The number of carbonyl (C=O) groups excluding carboxylic acids is 2. The van der Waals surface area contributed by atoms with Crippen molar-refractivity contribution in [1.29, 1.82) is 10.8 Å². The molecule has 0 aliphatic carbocycles. The lowest BCUT2D eigenvalue weighted by molar-refractivity contribution is 0.165. The summed E-state index contributed by atoms with van der Waals surface area (Å²) in [6.07, 6.45) is 2.91. The van der Waals surface area contributed by atoms with Gasteiger partial charge in [-0.05, 0) is 41.9 Å². The highest BCUT2D eigenvalue weighted by atomic mass is 16.1. The van der Waals surface area contributed by atoms with Gasteiger partial charge >= 0.3 is 0 Å². The number of hydrogen-bond donors (Lipinski definition) is 2. The first-order valence-electron chi connectivity index (χ1n) is 7.68. The zero-order valence-electron chi connectivity index (χ0n) is 15.0. The summed E-state index contributed by atoms with van der Waals surface area (Å²) >= 11 is 0. The van der Waals surface area contributed by atoms with Gasteiger partial charge in [0.25, 0.3) is 0 Å². The topological polar surface area (TPSA) is 81.8 Å².